The van der Waals surface area contributed by atoms with Crippen molar-refractivity contribution in [3.63, 3.8) is 0 Å². The van der Waals surface area contributed by atoms with Crippen LogP contribution in [-0.4, -0.2) is 37.4 Å². The van der Waals surface area contributed by atoms with E-state index in [4.69, 9.17) is 4.74 Å². The summed E-state index contributed by atoms with van der Waals surface area (Å²) in [6.45, 7) is 5.40. The molecule has 0 fully saturated rings. The van der Waals surface area contributed by atoms with Crippen molar-refractivity contribution in [3.05, 3.63) is 77.4 Å². The fourth-order valence-electron chi connectivity index (χ4n) is 3.18. The number of halogens is 1. The maximum Gasteiger partial charge on any atom is 0.270 e. The van der Waals surface area contributed by atoms with Crippen LogP contribution in [0, 0.1) is 13.8 Å². The van der Waals surface area contributed by atoms with Gasteiger partial charge in [-0.3, -0.25) is 14.9 Å². The molecule has 9 nitrogen and oxygen atoms in total. The first-order valence-corrected chi connectivity index (χ1v) is 10.6. The number of aryl methyl sites for hydroxylation is 2. The molecule has 10 heteroatoms. The normalized spacial score (nSPS) is 11.6. The van der Waals surface area contributed by atoms with Crippen molar-refractivity contribution < 1.29 is 13.9 Å². The van der Waals surface area contributed by atoms with E-state index >= 15 is 0 Å². The van der Waals surface area contributed by atoms with Crippen molar-refractivity contribution in [1.82, 2.24) is 30.5 Å². The van der Waals surface area contributed by atoms with Gasteiger partial charge in [-0.25, -0.2) is 14.4 Å². The number of nitrogens with one attached hydrogen (secondary N) is 3. The number of pyridine rings is 1. The third kappa shape index (κ3) is 5.91. The van der Waals surface area contributed by atoms with E-state index in [1.54, 1.807) is 42.6 Å². The van der Waals surface area contributed by atoms with Crippen LogP contribution in [0.15, 0.2) is 54.7 Å². The van der Waals surface area contributed by atoms with Gasteiger partial charge in [0.1, 0.15) is 17.3 Å². The number of benzene rings is 1. The minimum absolute atomic E-state index is 0.271. The van der Waals surface area contributed by atoms with Gasteiger partial charge < -0.3 is 15.4 Å². The van der Waals surface area contributed by atoms with Gasteiger partial charge >= 0.3 is 0 Å². The Morgan fingerprint density at radius 2 is 1.88 bits per heavy atom. The van der Waals surface area contributed by atoms with E-state index in [1.807, 2.05) is 26.0 Å². The summed E-state index contributed by atoms with van der Waals surface area (Å²) in [4.78, 5) is 25.8. The number of aromatic amines is 1. The highest BCUT2D eigenvalue weighted by molar-refractivity contribution is 5.92. The second kappa shape index (κ2) is 10.1. The Labute approximate surface area is 195 Å². The Hall–Kier alpha value is -4.34. The van der Waals surface area contributed by atoms with Gasteiger partial charge in [0.25, 0.3) is 5.91 Å². The van der Waals surface area contributed by atoms with Crippen LogP contribution in [0.2, 0.25) is 0 Å². The molecule has 0 saturated heterocycles. The molecule has 3 aromatic heterocycles. The largest absolute Gasteiger partial charge is 0.461 e. The third-order valence-corrected chi connectivity index (χ3v) is 4.75. The lowest BCUT2D eigenvalue weighted by Crippen LogP contribution is -2.23. The molecule has 0 aliphatic rings. The fourth-order valence-corrected chi connectivity index (χ4v) is 3.18. The number of aromatic nitrogens is 5. The minimum Gasteiger partial charge on any atom is -0.461 e. The van der Waals surface area contributed by atoms with Crippen molar-refractivity contribution in [3.8, 4) is 17.1 Å². The molecule has 0 aliphatic heterocycles. The van der Waals surface area contributed by atoms with Crippen molar-refractivity contribution in [2.45, 2.75) is 33.7 Å². The van der Waals surface area contributed by atoms with Crippen molar-refractivity contribution >= 4 is 17.5 Å². The van der Waals surface area contributed by atoms with Crippen molar-refractivity contribution in [1.29, 1.82) is 0 Å². The highest BCUT2D eigenvalue weighted by Crippen LogP contribution is 2.20. The molecule has 0 bridgehead atoms. The molecule has 3 N–H and O–H groups in total. The standard InChI is InChI=1S/C24H24FN7O2/c1-14-10-21(29-22-11-15(2)31-32-22)30-23(28-14)18-6-9-20(26-13-18)24(33)27-12-17-4-7-19(8-5-17)34-16(3)25/h4-11,13,16H,12H2,1-3H3,(H,27,33)(H2,28,29,30,31,32). The van der Waals surface area contributed by atoms with Crippen molar-refractivity contribution in [2.24, 2.45) is 0 Å². The van der Waals surface area contributed by atoms with E-state index < -0.39 is 6.36 Å². The molecule has 0 saturated carbocycles. The Bertz CT molecular complexity index is 1270. The average molecular weight is 462 g/mol. The smallest absolute Gasteiger partial charge is 0.270 e. The predicted molar refractivity (Wildman–Crippen MR) is 125 cm³/mol. The summed E-state index contributed by atoms with van der Waals surface area (Å²) >= 11 is 0. The predicted octanol–water partition coefficient (Wildman–Crippen LogP) is 4.25. The number of hydrogen-bond donors (Lipinski definition) is 3. The van der Waals surface area contributed by atoms with Crippen LogP contribution in [-0.2, 0) is 6.54 Å². The average Bonchev–Trinajstić information content (AvgIpc) is 3.22. The summed E-state index contributed by atoms with van der Waals surface area (Å²) in [6, 6.07) is 13.9. The Kier molecular flexibility index (Phi) is 6.77. The highest BCUT2D eigenvalue weighted by Gasteiger charge is 2.11. The van der Waals surface area contributed by atoms with Gasteiger partial charge in [0.2, 0.25) is 6.36 Å². The first-order chi connectivity index (χ1) is 16.4. The Morgan fingerprint density at radius 1 is 1.09 bits per heavy atom. The number of ether oxygens (including phenoxy) is 1. The molecular formula is C24H24FN7O2. The quantitative estimate of drug-likeness (QED) is 0.359. The molecule has 1 atom stereocenters. The topological polar surface area (TPSA) is 118 Å². The maximum atomic E-state index is 12.9. The fraction of sp³-hybridized carbons (Fsp3) is 0.208. The van der Waals surface area contributed by atoms with Gasteiger partial charge in [-0.15, -0.1) is 0 Å². The van der Waals surface area contributed by atoms with E-state index in [-0.39, 0.29) is 11.6 Å². The number of H-pyrrole nitrogens is 1. The van der Waals surface area contributed by atoms with E-state index in [9.17, 15) is 9.18 Å². The molecule has 174 valence electrons. The van der Waals surface area contributed by atoms with Crippen LogP contribution in [0.5, 0.6) is 5.75 Å². The van der Waals surface area contributed by atoms with Gasteiger partial charge in [-0.1, -0.05) is 12.1 Å². The molecule has 34 heavy (non-hydrogen) atoms. The monoisotopic (exact) mass is 461 g/mol. The summed E-state index contributed by atoms with van der Waals surface area (Å²) in [7, 11) is 0. The molecule has 1 aromatic carbocycles. The van der Waals surface area contributed by atoms with Crippen LogP contribution in [0.1, 0.15) is 34.4 Å². The molecule has 0 aliphatic carbocycles. The highest BCUT2D eigenvalue weighted by atomic mass is 19.1. The molecule has 3 heterocycles. The summed E-state index contributed by atoms with van der Waals surface area (Å²) < 4.78 is 17.9. The molecule has 0 spiro atoms. The number of amides is 1. The zero-order valence-corrected chi connectivity index (χ0v) is 19.0. The summed E-state index contributed by atoms with van der Waals surface area (Å²) in [5, 5.41) is 13.0. The maximum absolute atomic E-state index is 12.9. The van der Waals surface area contributed by atoms with Gasteiger partial charge in [0.15, 0.2) is 11.6 Å². The molecule has 1 unspecified atom stereocenters. The van der Waals surface area contributed by atoms with E-state index in [0.29, 0.717) is 35.3 Å². The Morgan fingerprint density at radius 3 is 2.53 bits per heavy atom. The molecular weight excluding hydrogens is 437 g/mol. The number of rotatable bonds is 8. The van der Waals surface area contributed by atoms with Crippen LogP contribution in [0.25, 0.3) is 11.4 Å². The van der Waals surface area contributed by atoms with Gasteiger partial charge in [0, 0.05) is 48.7 Å². The lowest BCUT2D eigenvalue weighted by atomic mass is 10.2. The summed E-state index contributed by atoms with van der Waals surface area (Å²) in [5.41, 5.74) is 3.51. The molecule has 4 aromatic rings. The zero-order valence-electron chi connectivity index (χ0n) is 19.0. The summed E-state index contributed by atoms with van der Waals surface area (Å²) in [5.74, 6) is 1.86. The molecule has 0 radical (unpaired) electrons. The van der Waals surface area contributed by atoms with Gasteiger partial charge in [0.05, 0.1) is 0 Å². The third-order valence-electron chi connectivity index (χ3n) is 4.75. The van der Waals surface area contributed by atoms with E-state index in [2.05, 4.69) is 35.8 Å². The number of carbonyl (C=O) groups is 1. The van der Waals surface area contributed by atoms with Crippen LogP contribution in [0.3, 0.4) is 0 Å². The van der Waals surface area contributed by atoms with Gasteiger partial charge in [-0.05, 0) is 43.7 Å². The van der Waals surface area contributed by atoms with Crippen molar-refractivity contribution in [2.75, 3.05) is 5.32 Å². The van der Waals surface area contributed by atoms with Crippen LogP contribution < -0.4 is 15.4 Å². The zero-order chi connectivity index (χ0) is 24.1. The molecule has 4 rings (SSSR count). The van der Waals surface area contributed by atoms with Gasteiger partial charge in [-0.2, -0.15) is 5.10 Å². The van der Waals surface area contributed by atoms with E-state index in [1.165, 1.54) is 6.92 Å². The first kappa shape index (κ1) is 22.8. The lowest BCUT2D eigenvalue weighted by Gasteiger charge is -2.09. The number of nitrogens with zero attached hydrogens (tertiary/aromatic N) is 4. The lowest BCUT2D eigenvalue weighted by molar-refractivity contribution is 0.0860. The number of hydrogen-bond acceptors (Lipinski definition) is 7. The van der Waals surface area contributed by atoms with Crippen LogP contribution in [0.4, 0.5) is 16.0 Å². The number of alkyl halides is 1. The summed E-state index contributed by atoms with van der Waals surface area (Å²) in [6.07, 6.45) is 0.184. The minimum atomic E-state index is -1.38. The Balaban J connectivity index is 1.40. The first-order valence-electron chi connectivity index (χ1n) is 10.6. The SMILES string of the molecule is Cc1cc(Nc2cc(C)[nH]n2)nc(-c2ccc(C(=O)NCc3ccc(OC(C)F)cc3)nc2)n1. The second-order valence-corrected chi connectivity index (χ2v) is 7.70. The van der Waals surface area contributed by atoms with E-state index in [0.717, 1.165) is 17.0 Å². The van der Waals surface area contributed by atoms with Crippen LogP contribution >= 0.6 is 0 Å². The second-order valence-electron chi connectivity index (χ2n) is 7.70. The number of anilines is 2. The number of carbonyl (C=O) groups excluding carboxylic acids is 1. The molecule has 1 amide bonds.